The molecule has 6 rings (SSSR count). The van der Waals surface area contributed by atoms with Gasteiger partial charge in [0.2, 0.25) is 5.91 Å². The van der Waals surface area contributed by atoms with Gasteiger partial charge < -0.3 is 15.2 Å². The van der Waals surface area contributed by atoms with Gasteiger partial charge in [-0.1, -0.05) is 35.4 Å². The zero-order valence-electron chi connectivity index (χ0n) is 18.4. The average molecular weight is 472 g/mol. The van der Waals surface area contributed by atoms with E-state index in [-0.39, 0.29) is 28.8 Å². The van der Waals surface area contributed by atoms with Gasteiger partial charge in [0.05, 0.1) is 10.9 Å². The number of ether oxygens (including phenoxy) is 1. The van der Waals surface area contributed by atoms with E-state index in [4.69, 9.17) is 16.3 Å². The SMILES string of the molecule is C=C1C[C@]23C[C@H]1CC[C@H]2C1=C[C@H]2OC(=O)[C@@](C)(C1[C@@H]3C(=O)NCc1ccc(F)c(Cl)c1)[C@H]2O. The minimum Gasteiger partial charge on any atom is -0.455 e. The van der Waals surface area contributed by atoms with Crippen LogP contribution in [-0.2, 0) is 20.9 Å². The molecule has 4 bridgehead atoms. The van der Waals surface area contributed by atoms with Crippen LogP contribution in [0.15, 0.2) is 42.0 Å². The Bertz CT molecular complexity index is 1130. The number of benzene rings is 1. The lowest BCUT2D eigenvalue weighted by atomic mass is 9.61. The third-order valence-electron chi connectivity index (χ3n) is 9.32. The number of nitrogens with one attached hydrogen (secondary N) is 1. The highest BCUT2D eigenvalue weighted by Crippen LogP contribution is 2.73. The number of halogens is 2. The Balaban J connectivity index is 1.40. The van der Waals surface area contributed by atoms with Crippen molar-refractivity contribution in [1.29, 1.82) is 0 Å². The molecule has 5 nitrogen and oxygen atoms in total. The van der Waals surface area contributed by atoms with Crippen molar-refractivity contribution in [3.63, 3.8) is 0 Å². The van der Waals surface area contributed by atoms with Crippen LogP contribution < -0.4 is 5.32 Å². The molecule has 1 spiro atoms. The topological polar surface area (TPSA) is 75.6 Å². The Labute approximate surface area is 197 Å². The summed E-state index contributed by atoms with van der Waals surface area (Å²) in [7, 11) is 0. The predicted octanol–water partition coefficient (Wildman–Crippen LogP) is 3.94. The zero-order valence-corrected chi connectivity index (χ0v) is 19.2. The van der Waals surface area contributed by atoms with E-state index < -0.39 is 41.2 Å². The standard InChI is InChI=1S/C26H27ClFNO4/c1-12-9-26-10-14(12)4-5-16(26)15-8-19-22(30)25(2,24(32)33-19)20(15)21(26)23(31)29-11-13-3-6-18(28)17(27)7-13/h3,6-8,14,16,19-22,30H,1,4-5,9-11H2,2H3,(H,29,31)/t14-,16+,19-,20?,21-,22+,25+,26+/m1/s1. The number of amides is 1. The third-order valence-corrected chi connectivity index (χ3v) is 9.61. The van der Waals surface area contributed by atoms with Gasteiger partial charge in [0.15, 0.2) is 0 Å². The fourth-order valence-corrected chi connectivity index (χ4v) is 8.04. The zero-order chi connectivity index (χ0) is 23.3. The van der Waals surface area contributed by atoms with Gasteiger partial charge in [0.25, 0.3) is 0 Å². The Morgan fingerprint density at radius 2 is 2.18 bits per heavy atom. The van der Waals surface area contributed by atoms with Crippen LogP contribution in [0.1, 0.15) is 38.2 Å². The molecule has 4 aliphatic carbocycles. The van der Waals surface area contributed by atoms with Gasteiger partial charge in [-0.15, -0.1) is 0 Å². The van der Waals surface area contributed by atoms with E-state index in [9.17, 15) is 19.1 Å². The molecule has 0 aromatic heterocycles. The molecule has 1 heterocycles. The van der Waals surface area contributed by atoms with E-state index in [1.54, 1.807) is 13.0 Å². The lowest BCUT2D eigenvalue weighted by molar-refractivity contribution is -0.151. The second kappa shape index (κ2) is 6.92. The summed E-state index contributed by atoms with van der Waals surface area (Å²) in [6, 6.07) is 4.40. The summed E-state index contributed by atoms with van der Waals surface area (Å²) >= 11 is 5.91. The Hall–Kier alpha value is -2.18. The van der Waals surface area contributed by atoms with Gasteiger partial charge in [-0.05, 0) is 73.6 Å². The highest BCUT2D eigenvalue weighted by atomic mass is 35.5. The molecule has 1 aromatic carbocycles. The summed E-state index contributed by atoms with van der Waals surface area (Å²) in [6.45, 7) is 6.29. The average Bonchev–Trinajstić information content (AvgIpc) is 3.26. The van der Waals surface area contributed by atoms with Crippen LogP contribution in [-0.4, -0.2) is 29.2 Å². The summed E-state index contributed by atoms with van der Waals surface area (Å²) in [6.07, 6.45) is 3.97. The summed E-state index contributed by atoms with van der Waals surface area (Å²) in [4.78, 5) is 26.9. The minimum atomic E-state index is -1.15. The Morgan fingerprint density at radius 1 is 1.39 bits per heavy atom. The maximum atomic E-state index is 13.9. The molecule has 1 amide bonds. The number of hydrogen-bond acceptors (Lipinski definition) is 4. The van der Waals surface area contributed by atoms with Crippen molar-refractivity contribution >= 4 is 23.5 Å². The fourth-order valence-electron chi connectivity index (χ4n) is 7.84. The predicted molar refractivity (Wildman–Crippen MR) is 119 cm³/mol. The molecule has 8 atom stereocenters. The first-order chi connectivity index (χ1) is 15.7. The number of carbonyl (C=O) groups excluding carboxylic acids is 2. The summed E-state index contributed by atoms with van der Waals surface area (Å²) in [5.41, 5.74) is 1.55. The maximum absolute atomic E-state index is 13.9. The Kier molecular flexibility index (Phi) is 4.48. The summed E-state index contributed by atoms with van der Waals surface area (Å²) in [5, 5.41) is 14.1. The summed E-state index contributed by atoms with van der Waals surface area (Å²) in [5.74, 6) is -1.38. The van der Waals surface area contributed by atoms with Crippen molar-refractivity contribution in [2.45, 2.75) is 51.4 Å². The molecule has 1 aliphatic heterocycles. The van der Waals surface area contributed by atoms with Gasteiger partial charge in [-0.3, -0.25) is 9.59 Å². The molecule has 1 unspecified atom stereocenters. The van der Waals surface area contributed by atoms with Crippen molar-refractivity contribution < 1.29 is 23.8 Å². The van der Waals surface area contributed by atoms with Crippen LogP contribution in [0.2, 0.25) is 5.02 Å². The molecule has 4 fully saturated rings. The van der Waals surface area contributed by atoms with Gasteiger partial charge in [-0.25, -0.2) is 4.39 Å². The first-order valence-electron chi connectivity index (χ1n) is 11.7. The van der Waals surface area contributed by atoms with Crippen molar-refractivity contribution in [2.75, 3.05) is 0 Å². The smallest absolute Gasteiger partial charge is 0.315 e. The van der Waals surface area contributed by atoms with Gasteiger partial charge >= 0.3 is 5.97 Å². The minimum absolute atomic E-state index is 0.0105. The molecule has 5 aliphatic rings. The monoisotopic (exact) mass is 471 g/mol. The van der Waals surface area contributed by atoms with Gasteiger partial charge in [0, 0.05) is 12.5 Å². The fraction of sp³-hybridized carbons (Fsp3) is 0.538. The van der Waals surface area contributed by atoms with E-state index in [2.05, 4.69) is 11.9 Å². The summed E-state index contributed by atoms with van der Waals surface area (Å²) < 4.78 is 19.1. The molecule has 33 heavy (non-hydrogen) atoms. The third kappa shape index (κ3) is 2.68. The molecule has 7 heteroatoms. The van der Waals surface area contributed by atoms with Crippen LogP contribution >= 0.6 is 11.6 Å². The van der Waals surface area contributed by atoms with E-state index in [1.807, 2.05) is 6.08 Å². The molecule has 1 saturated heterocycles. The second-order valence-corrected chi connectivity index (χ2v) is 11.2. The van der Waals surface area contributed by atoms with E-state index in [0.717, 1.165) is 31.3 Å². The molecule has 174 valence electrons. The number of fused-ring (bicyclic) bond motifs is 6. The number of esters is 1. The largest absolute Gasteiger partial charge is 0.455 e. The van der Waals surface area contributed by atoms with Crippen LogP contribution in [0.25, 0.3) is 0 Å². The highest BCUT2D eigenvalue weighted by Gasteiger charge is 2.73. The van der Waals surface area contributed by atoms with Crippen molar-refractivity contribution in [3.8, 4) is 0 Å². The van der Waals surface area contributed by atoms with Gasteiger partial charge in [0.1, 0.15) is 23.4 Å². The van der Waals surface area contributed by atoms with Crippen LogP contribution in [0, 0.1) is 40.3 Å². The highest BCUT2D eigenvalue weighted by molar-refractivity contribution is 6.30. The van der Waals surface area contributed by atoms with E-state index >= 15 is 0 Å². The van der Waals surface area contributed by atoms with Crippen molar-refractivity contribution in [1.82, 2.24) is 5.32 Å². The number of aliphatic hydroxyl groups excluding tert-OH is 1. The number of carbonyl (C=O) groups is 2. The molecular weight excluding hydrogens is 445 g/mol. The van der Waals surface area contributed by atoms with Crippen molar-refractivity contribution in [2.24, 2.45) is 34.5 Å². The quantitative estimate of drug-likeness (QED) is 0.517. The lowest BCUT2D eigenvalue weighted by Gasteiger charge is -2.41. The number of hydrogen-bond donors (Lipinski definition) is 2. The maximum Gasteiger partial charge on any atom is 0.315 e. The number of rotatable bonds is 3. The van der Waals surface area contributed by atoms with E-state index in [0.29, 0.717) is 11.5 Å². The lowest BCUT2D eigenvalue weighted by Crippen LogP contribution is -2.52. The Morgan fingerprint density at radius 3 is 2.94 bits per heavy atom. The van der Waals surface area contributed by atoms with E-state index in [1.165, 1.54) is 17.7 Å². The van der Waals surface area contributed by atoms with Crippen LogP contribution in [0.4, 0.5) is 4.39 Å². The number of allylic oxidation sites excluding steroid dienone is 2. The normalized spacial score (nSPS) is 42.5. The second-order valence-electron chi connectivity index (χ2n) is 10.8. The first-order valence-corrected chi connectivity index (χ1v) is 12.0. The molecule has 1 aromatic rings. The first kappa shape index (κ1) is 21.4. The molecular formula is C26H27ClFNO4. The molecule has 3 saturated carbocycles. The van der Waals surface area contributed by atoms with Crippen molar-refractivity contribution in [3.05, 3.63) is 58.4 Å². The molecule has 0 radical (unpaired) electrons. The van der Waals surface area contributed by atoms with Gasteiger partial charge in [-0.2, -0.15) is 0 Å². The van der Waals surface area contributed by atoms with Crippen LogP contribution in [0.5, 0.6) is 0 Å². The number of aliphatic hydroxyl groups is 1. The van der Waals surface area contributed by atoms with Crippen LogP contribution in [0.3, 0.4) is 0 Å². The molecule has 2 N–H and O–H groups in total.